The van der Waals surface area contributed by atoms with Gasteiger partial charge in [-0.2, -0.15) is 4.73 Å². The molecule has 6 nitrogen and oxygen atoms in total. The van der Waals surface area contributed by atoms with Crippen LogP contribution in [0.1, 0.15) is 58.1 Å². The molecule has 1 fully saturated rings. The molecule has 7 heteroatoms. The van der Waals surface area contributed by atoms with Gasteiger partial charge in [0.2, 0.25) is 0 Å². The lowest BCUT2D eigenvalue weighted by Gasteiger charge is -2.36. The van der Waals surface area contributed by atoms with Crippen LogP contribution in [-0.4, -0.2) is 28.0 Å². The maximum absolute atomic E-state index is 6.72. The van der Waals surface area contributed by atoms with Crippen LogP contribution < -0.4 is 10.3 Å². The summed E-state index contributed by atoms with van der Waals surface area (Å²) in [5.74, 6) is 1.65. The summed E-state index contributed by atoms with van der Waals surface area (Å²) in [6, 6.07) is 8.00. The van der Waals surface area contributed by atoms with Gasteiger partial charge in [0.1, 0.15) is 11.3 Å². The fraction of sp³-hybridized carbons (Fsp3) is 0.500. The van der Waals surface area contributed by atoms with Crippen molar-refractivity contribution in [3.8, 4) is 11.4 Å². The van der Waals surface area contributed by atoms with Gasteiger partial charge in [0.15, 0.2) is 11.5 Å². The number of anilines is 1. The van der Waals surface area contributed by atoms with Gasteiger partial charge in [-0.05, 0) is 55.2 Å². The Morgan fingerprint density at radius 3 is 2.48 bits per heavy atom. The number of nitrogens with two attached hydrogens (primary N) is 1. The summed E-state index contributed by atoms with van der Waals surface area (Å²) in [6.45, 7) is 11.2. The molecule has 0 spiro atoms. The smallest absolute Gasteiger partial charge is 0.284 e. The Kier molecular flexibility index (Phi) is 4.89. The second-order valence-corrected chi connectivity index (χ2v) is 14.3. The number of rotatable bonds is 4. The zero-order valence-electron chi connectivity index (χ0n) is 18.1. The zero-order chi connectivity index (χ0) is 20.8. The monoisotopic (exact) mass is 409 g/mol. The molecule has 0 amide bonds. The van der Waals surface area contributed by atoms with E-state index in [0.717, 1.165) is 22.4 Å². The first kappa shape index (κ1) is 19.9. The van der Waals surface area contributed by atoms with Crippen LogP contribution in [-0.2, 0) is 0 Å². The number of nitrogen functional groups attached to an aromatic ring is 1. The average Bonchev–Trinajstić information content (AvgIpc) is 3.29. The molecule has 154 valence electrons. The van der Waals surface area contributed by atoms with Crippen LogP contribution >= 0.6 is 0 Å². The van der Waals surface area contributed by atoms with Crippen molar-refractivity contribution in [2.24, 2.45) is 0 Å². The largest absolute Gasteiger partial charge is 0.466 e. The molecular formula is C22H31N5OSi. The highest BCUT2D eigenvalue weighted by molar-refractivity contribution is 6.74. The maximum atomic E-state index is 6.72. The fourth-order valence-electron chi connectivity index (χ4n) is 3.63. The molecule has 3 heterocycles. The summed E-state index contributed by atoms with van der Waals surface area (Å²) in [6.07, 6.45) is 6.66. The topological polar surface area (TPSA) is 78.9 Å². The van der Waals surface area contributed by atoms with E-state index in [-0.39, 0.29) is 5.04 Å². The molecular weight excluding hydrogens is 378 g/mol. The molecule has 29 heavy (non-hydrogen) atoms. The molecule has 1 saturated carbocycles. The average molecular weight is 410 g/mol. The minimum absolute atomic E-state index is 0.0460. The molecule has 2 N–H and O–H groups in total. The van der Waals surface area contributed by atoms with Gasteiger partial charge in [-0.15, -0.1) is 0 Å². The summed E-state index contributed by atoms with van der Waals surface area (Å²) >= 11 is 0. The molecule has 0 atom stereocenters. The minimum Gasteiger partial charge on any atom is -0.466 e. The highest BCUT2D eigenvalue weighted by Crippen LogP contribution is 2.38. The Labute approximate surface area is 173 Å². The molecule has 1 aliphatic rings. The Morgan fingerprint density at radius 2 is 1.83 bits per heavy atom. The fourth-order valence-corrected chi connectivity index (χ4v) is 4.53. The van der Waals surface area contributed by atoms with E-state index in [9.17, 15) is 0 Å². The van der Waals surface area contributed by atoms with Crippen molar-refractivity contribution < 1.29 is 4.53 Å². The van der Waals surface area contributed by atoms with E-state index >= 15 is 0 Å². The van der Waals surface area contributed by atoms with E-state index in [0.29, 0.717) is 17.6 Å². The number of hydrogen-bond acceptors (Lipinski definition) is 5. The molecule has 4 rings (SSSR count). The van der Waals surface area contributed by atoms with Crippen molar-refractivity contribution in [3.63, 3.8) is 0 Å². The lowest BCUT2D eigenvalue weighted by Crippen LogP contribution is -2.48. The van der Waals surface area contributed by atoms with Crippen LogP contribution in [0.4, 0.5) is 5.82 Å². The van der Waals surface area contributed by atoms with E-state index in [1.165, 1.54) is 25.7 Å². The third-order valence-electron chi connectivity index (χ3n) is 6.47. The molecule has 0 aromatic carbocycles. The van der Waals surface area contributed by atoms with E-state index in [1.807, 2.05) is 16.9 Å². The highest BCUT2D eigenvalue weighted by Gasteiger charge is 2.41. The van der Waals surface area contributed by atoms with Crippen LogP contribution in [0.2, 0.25) is 18.1 Å². The lowest BCUT2D eigenvalue weighted by molar-refractivity contribution is 0.263. The van der Waals surface area contributed by atoms with Crippen LogP contribution in [0.25, 0.3) is 22.6 Å². The third-order valence-corrected chi connectivity index (χ3v) is 10.7. The van der Waals surface area contributed by atoms with Crippen LogP contribution in [0.15, 0.2) is 30.5 Å². The van der Waals surface area contributed by atoms with E-state index in [1.54, 1.807) is 6.20 Å². The number of hydrogen-bond donors (Lipinski definition) is 1. The summed E-state index contributed by atoms with van der Waals surface area (Å²) in [4.78, 5) is 14.1. The third kappa shape index (κ3) is 3.63. The van der Waals surface area contributed by atoms with E-state index in [4.69, 9.17) is 20.2 Å². The van der Waals surface area contributed by atoms with Gasteiger partial charge < -0.3 is 10.3 Å². The number of imidazole rings is 1. The van der Waals surface area contributed by atoms with Crippen LogP contribution in [0.5, 0.6) is 0 Å². The Balaban J connectivity index is 1.90. The quantitative estimate of drug-likeness (QED) is 0.602. The Bertz CT molecular complexity index is 1030. The first-order chi connectivity index (χ1) is 13.7. The van der Waals surface area contributed by atoms with Gasteiger partial charge in [-0.1, -0.05) is 33.6 Å². The van der Waals surface area contributed by atoms with Gasteiger partial charge >= 0.3 is 0 Å². The number of nitrogens with zero attached hydrogens (tertiary/aromatic N) is 4. The zero-order valence-corrected chi connectivity index (χ0v) is 19.1. The molecule has 0 saturated heterocycles. The predicted molar refractivity (Wildman–Crippen MR) is 120 cm³/mol. The SMILES string of the molecule is CC(C)(C)[Si](C)(C)On1c(-c2cccnc2N)nc2ccc(C3CCCC3)nc21. The van der Waals surface area contributed by atoms with Gasteiger partial charge in [-0.3, -0.25) is 0 Å². The molecule has 3 aromatic heterocycles. The lowest BCUT2D eigenvalue weighted by atomic mass is 10.0. The van der Waals surface area contributed by atoms with Gasteiger partial charge in [-0.25, -0.2) is 15.0 Å². The van der Waals surface area contributed by atoms with Crippen molar-refractivity contribution >= 4 is 25.3 Å². The second kappa shape index (κ2) is 7.13. The number of fused-ring (bicyclic) bond motifs is 1. The van der Waals surface area contributed by atoms with Crippen molar-refractivity contribution in [2.75, 3.05) is 5.73 Å². The summed E-state index contributed by atoms with van der Waals surface area (Å²) in [5, 5.41) is 0.0460. The molecule has 0 bridgehead atoms. The van der Waals surface area contributed by atoms with E-state index in [2.05, 4.69) is 51.0 Å². The maximum Gasteiger partial charge on any atom is 0.284 e. The van der Waals surface area contributed by atoms with Crippen molar-refractivity contribution in [2.45, 2.75) is 70.5 Å². The highest BCUT2D eigenvalue weighted by atomic mass is 28.4. The predicted octanol–water partition coefficient (Wildman–Crippen LogP) is 5.17. The first-order valence-electron chi connectivity index (χ1n) is 10.5. The van der Waals surface area contributed by atoms with Crippen molar-refractivity contribution in [3.05, 3.63) is 36.2 Å². The van der Waals surface area contributed by atoms with Crippen molar-refractivity contribution in [1.29, 1.82) is 0 Å². The van der Waals surface area contributed by atoms with E-state index < -0.39 is 8.32 Å². The van der Waals surface area contributed by atoms with Gasteiger partial charge in [0.25, 0.3) is 8.32 Å². The first-order valence-corrected chi connectivity index (χ1v) is 13.4. The summed E-state index contributed by atoms with van der Waals surface area (Å²) in [7, 11) is -2.14. The number of aromatic nitrogens is 4. The minimum atomic E-state index is -2.14. The molecule has 3 aromatic rings. The summed E-state index contributed by atoms with van der Waals surface area (Å²) < 4.78 is 8.56. The second-order valence-electron chi connectivity index (χ2n) is 9.58. The molecule has 0 unspecified atom stereocenters. The number of pyridine rings is 2. The molecule has 1 aliphatic carbocycles. The van der Waals surface area contributed by atoms with Gasteiger partial charge in [0, 0.05) is 17.8 Å². The standard InChI is InChI=1S/C22H31N5OSi/c1-22(2,3)29(4,5)28-27-20(16-11-8-14-24-19(16)23)26-18-13-12-17(25-21(18)27)15-9-6-7-10-15/h8,11-15H,6-7,9-10H2,1-5H3,(H2,23,24). The normalized spacial score (nSPS) is 15.9. The van der Waals surface area contributed by atoms with Crippen molar-refractivity contribution in [1.82, 2.24) is 19.7 Å². The Hall–Kier alpha value is -2.41. The van der Waals surface area contributed by atoms with Crippen LogP contribution in [0.3, 0.4) is 0 Å². The summed E-state index contributed by atoms with van der Waals surface area (Å²) in [5.41, 5.74) is 9.70. The van der Waals surface area contributed by atoms with Crippen LogP contribution in [0, 0.1) is 0 Å². The molecule has 0 aliphatic heterocycles. The Morgan fingerprint density at radius 1 is 1.10 bits per heavy atom. The molecule has 0 radical (unpaired) electrons. The van der Waals surface area contributed by atoms with Gasteiger partial charge in [0.05, 0.1) is 5.56 Å².